The second kappa shape index (κ2) is 8.26. The van der Waals surface area contributed by atoms with Crippen molar-refractivity contribution in [2.45, 2.75) is 11.4 Å². The van der Waals surface area contributed by atoms with Crippen molar-refractivity contribution in [2.75, 3.05) is 32.7 Å². The highest BCUT2D eigenvalue weighted by atomic mass is 32.2. The quantitative estimate of drug-likeness (QED) is 0.802. The molecule has 1 aliphatic heterocycles. The van der Waals surface area contributed by atoms with Crippen molar-refractivity contribution in [2.24, 2.45) is 0 Å². The zero-order chi connectivity index (χ0) is 18.6. The SMILES string of the molecule is O=C(CN1CCN(S(=O)(=O)c2ccccc2F)CC1)NCc1cccs1. The third-order valence-electron chi connectivity index (χ3n) is 4.19. The summed E-state index contributed by atoms with van der Waals surface area (Å²) in [6.45, 7) is 2.04. The molecule has 3 rings (SSSR count). The zero-order valence-corrected chi connectivity index (χ0v) is 15.7. The highest BCUT2D eigenvalue weighted by Crippen LogP contribution is 2.20. The van der Waals surface area contributed by atoms with Crippen LogP contribution in [0.15, 0.2) is 46.7 Å². The van der Waals surface area contributed by atoms with E-state index in [2.05, 4.69) is 5.32 Å². The largest absolute Gasteiger partial charge is 0.350 e. The van der Waals surface area contributed by atoms with Gasteiger partial charge < -0.3 is 5.32 Å². The maximum absolute atomic E-state index is 13.8. The van der Waals surface area contributed by atoms with E-state index < -0.39 is 15.8 Å². The molecule has 1 saturated heterocycles. The van der Waals surface area contributed by atoms with Crippen LogP contribution >= 0.6 is 11.3 Å². The lowest BCUT2D eigenvalue weighted by molar-refractivity contribution is -0.122. The van der Waals surface area contributed by atoms with Crippen molar-refractivity contribution >= 4 is 27.3 Å². The highest BCUT2D eigenvalue weighted by Gasteiger charge is 2.30. The molecule has 0 radical (unpaired) electrons. The number of sulfonamides is 1. The van der Waals surface area contributed by atoms with Gasteiger partial charge in [-0.25, -0.2) is 12.8 Å². The van der Waals surface area contributed by atoms with E-state index in [1.807, 2.05) is 22.4 Å². The molecular weight excluding hydrogens is 377 g/mol. The van der Waals surface area contributed by atoms with E-state index in [1.54, 1.807) is 11.3 Å². The molecule has 1 aromatic carbocycles. The Bertz CT molecular complexity index is 848. The number of benzene rings is 1. The average molecular weight is 397 g/mol. The van der Waals surface area contributed by atoms with Gasteiger partial charge in [-0.15, -0.1) is 11.3 Å². The first-order valence-electron chi connectivity index (χ1n) is 8.23. The molecule has 0 spiro atoms. The second-order valence-corrected chi connectivity index (χ2v) is 8.91. The van der Waals surface area contributed by atoms with Gasteiger partial charge in [-0.1, -0.05) is 18.2 Å². The van der Waals surface area contributed by atoms with Gasteiger partial charge in [0.25, 0.3) is 0 Å². The molecule has 140 valence electrons. The van der Waals surface area contributed by atoms with Crippen LogP contribution in [-0.4, -0.2) is 56.3 Å². The third-order valence-corrected chi connectivity index (χ3v) is 7.00. The van der Waals surface area contributed by atoms with Gasteiger partial charge in [-0.05, 0) is 23.6 Å². The van der Waals surface area contributed by atoms with Crippen LogP contribution in [0.5, 0.6) is 0 Å². The average Bonchev–Trinajstić information content (AvgIpc) is 3.14. The molecule has 9 heteroatoms. The number of amides is 1. The summed E-state index contributed by atoms with van der Waals surface area (Å²) in [7, 11) is -3.85. The van der Waals surface area contributed by atoms with Crippen LogP contribution < -0.4 is 5.32 Å². The smallest absolute Gasteiger partial charge is 0.246 e. The summed E-state index contributed by atoms with van der Waals surface area (Å²) < 4.78 is 40.2. The molecule has 2 aromatic rings. The lowest BCUT2D eigenvalue weighted by Crippen LogP contribution is -2.51. The number of nitrogens with one attached hydrogen (secondary N) is 1. The van der Waals surface area contributed by atoms with Crippen LogP contribution in [0.4, 0.5) is 4.39 Å². The second-order valence-electron chi connectivity index (χ2n) is 5.97. The molecule has 0 atom stereocenters. The fraction of sp³-hybridized carbons (Fsp3) is 0.353. The van der Waals surface area contributed by atoms with Crippen molar-refractivity contribution in [1.29, 1.82) is 0 Å². The molecule has 0 aliphatic carbocycles. The van der Waals surface area contributed by atoms with Gasteiger partial charge in [0.1, 0.15) is 10.7 Å². The maximum atomic E-state index is 13.8. The van der Waals surface area contributed by atoms with Crippen molar-refractivity contribution in [1.82, 2.24) is 14.5 Å². The molecule has 1 aromatic heterocycles. The summed E-state index contributed by atoms with van der Waals surface area (Å²) >= 11 is 1.58. The van der Waals surface area contributed by atoms with E-state index in [9.17, 15) is 17.6 Å². The minimum absolute atomic E-state index is 0.0937. The standard InChI is InChI=1S/C17H20FN3O3S2/c18-15-5-1-2-6-16(15)26(23,24)21-9-7-20(8-10-21)13-17(22)19-12-14-4-3-11-25-14/h1-6,11H,7-10,12-13H2,(H,19,22). The topological polar surface area (TPSA) is 69.7 Å². The molecule has 2 heterocycles. The van der Waals surface area contributed by atoms with Crippen LogP contribution in [0.3, 0.4) is 0 Å². The van der Waals surface area contributed by atoms with Crippen LogP contribution in [0, 0.1) is 5.82 Å². The van der Waals surface area contributed by atoms with Gasteiger partial charge in [-0.3, -0.25) is 9.69 Å². The van der Waals surface area contributed by atoms with Crippen LogP contribution in [0.25, 0.3) is 0 Å². The number of carbonyl (C=O) groups excluding carboxylic acids is 1. The molecule has 6 nitrogen and oxygen atoms in total. The number of hydrogen-bond acceptors (Lipinski definition) is 5. The Hall–Kier alpha value is -1.81. The normalized spacial score (nSPS) is 16.5. The molecule has 0 unspecified atom stereocenters. The molecular formula is C17H20FN3O3S2. The third kappa shape index (κ3) is 4.47. The zero-order valence-electron chi connectivity index (χ0n) is 14.1. The first kappa shape index (κ1) is 19.0. The van der Waals surface area contributed by atoms with E-state index in [-0.39, 0.29) is 30.4 Å². The molecule has 1 N–H and O–H groups in total. The van der Waals surface area contributed by atoms with Crippen LogP contribution in [-0.2, 0) is 21.4 Å². The summed E-state index contributed by atoms with van der Waals surface area (Å²) in [5.41, 5.74) is 0. The van der Waals surface area contributed by atoms with Crippen molar-refractivity contribution in [3.63, 3.8) is 0 Å². The predicted molar refractivity (Wildman–Crippen MR) is 97.8 cm³/mol. The van der Waals surface area contributed by atoms with Gasteiger partial charge in [0.05, 0.1) is 13.1 Å². The molecule has 0 saturated carbocycles. The van der Waals surface area contributed by atoms with Crippen molar-refractivity contribution < 1.29 is 17.6 Å². The number of thiophene rings is 1. The molecule has 1 fully saturated rings. The van der Waals surface area contributed by atoms with E-state index >= 15 is 0 Å². The Kier molecular flexibility index (Phi) is 6.02. The summed E-state index contributed by atoms with van der Waals surface area (Å²) in [6.07, 6.45) is 0. The summed E-state index contributed by atoms with van der Waals surface area (Å²) in [4.78, 5) is 14.7. The summed E-state index contributed by atoms with van der Waals surface area (Å²) in [5.74, 6) is -0.841. The minimum Gasteiger partial charge on any atom is -0.350 e. The fourth-order valence-corrected chi connectivity index (χ4v) is 4.91. The Balaban J connectivity index is 1.51. The van der Waals surface area contributed by atoms with E-state index in [0.717, 1.165) is 10.9 Å². The first-order valence-corrected chi connectivity index (χ1v) is 10.5. The Labute approximate surface area is 156 Å². The van der Waals surface area contributed by atoms with E-state index in [0.29, 0.717) is 19.6 Å². The number of piperazine rings is 1. The van der Waals surface area contributed by atoms with Crippen molar-refractivity contribution in [3.8, 4) is 0 Å². The fourth-order valence-electron chi connectivity index (χ4n) is 2.78. The number of nitrogens with zero attached hydrogens (tertiary/aromatic N) is 2. The van der Waals surface area contributed by atoms with Gasteiger partial charge in [-0.2, -0.15) is 4.31 Å². The Morgan fingerprint density at radius 3 is 2.50 bits per heavy atom. The number of halogens is 1. The van der Waals surface area contributed by atoms with Crippen LogP contribution in [0.1, 0.15) is 4.88 Å². The molecule has 1 aliphatic rings. The summed E-state index contributed by atoms with van der Waals surface area (Å²) in [6, 6.07) is 9.26. The first-order chi connectivity index (χ1) is 12.5. The molecule has 1 amide bonds. The minimum atomic E-state index is -3.85. The lowest BCUT2D eigenvalue weighted by atomic mass is 10.3. The maximum Gasteiger partial charge on any atom is 0.246 e. The van der Waals surface area contributed by atoms with Crippen LogP contribution in [0.2, 0.25) is 0 Å². The van der Waals surface area contributed by atoms with Gasteiger partial charge in [0, 0.05) is 31.1 Å². The van der Waals surface area contributed by atoms with Gasteiger partial charge in [0.2, 0.25) is 15.9 Å². The molecule has 0 bridgehead atoms. The van der Waals surface area contributed by atoms with E-state index in [1.165, 1.54) is 22.5 Å². The lowest BCUT2D eigenvalue weighted by Gasteiger charge is -2.33. The van der Waals surface area contributed by atoms with Crippen molar-refractivity contribution in [3.05, 3.63) is 52.5 Å². The summed E-state index contributed by atoms with van der Waals surface area (Å²) in [5, 5.41) is 4.81. The van der Waals surface area contributed by atoms with E-state index in [4.69, 9.17) is 0 Å². The highest BCUT2D eigenvalue weighted by molar-refractivity contribution is 7.89. The molecule has 26 heavy (non-hydrogen) atoms. The monoisotopic (exact) mass is 397 g/mol. The van der Waals surface area contributed by atoms with Gasteiger partial charge in [0.15, 0.2) is 0 Å². The predicted octanol–water partition coefficient (Wildman–Crippen LogP) is 1.51. The Morgan fingerprint density at radius 2 is 1.85 bits per heavy atom. The number of carbonyl (C=O) groups is 1. The Morgan fingerprint density at radius 1 is 1.12 bits per heavy atom. The number of hydrogen-bond donors (Lipinski definition) is 1. The van der Waals surface area contributed by atoms with Gasteiger partial charge >= 0.3 is 0 Å². The number of rotatable bonds is 6.